The maximum absolute atomic E-state index is 12.7. The van der Waals surface area contributed by atoms with Gasteiger partial charge in [0.1, 0.15) is 5.41 Å². The Kier molecular flexibility index (Phi) is 5.81. The fourth-order valence-electron chi connectivity index (χ4n) is 2.89. The van der Waals surface area contributed by atoms with E-state index in [0.29, 0.717) is 25.9 Å². The van der Waals surface area contributed by atoms with Crippen LogP contribution in [0.3, 0.4) is 0 Å². The van der Waals surface area contributed by atoms with Gasteiger partial charge in [-0.05, 0) is 25.2 Å². The molecular formula is C15H26N2O2. The second-order valence-corrected chi connectivity index (χ2v) is 5.78. The van der Waals surface area contributed by atoms with Crippen molar-refractivity contribution in [2.45, 2.75) is 59.0 Å². The van der Waals surface area contributed by atoms with Crippen LogP contribution in [0.1, 0.15) is 52.9 Å². The van der Waals surface area contributed by atoms with Gasteiger partial charge in [-0.1, -0.05) is 33.6 Å². The standard InChI is InChI=1S/C15H26N2O2/c1-4-7-15(11-16,8-5-2)14(19)17-9-6-12(3)13(18)10-17/h12-13,18H,4-10H2,1-3H3. The summed E-state index contributed by atoms with van der Waals surface area (Å²) in [5, 5.41) is 19.4. The molecule has 0 spiro atoms. The number of likely N-dealkylation sites (tertiary alicyclic amines) is 1. The van der Waals surface area contributed by atoms with E-state index in [1.54, 1.807) is 4.90 Å². The first kappa shape index (κ1) is 16.0. The summed E-state index contributed by atoms with van der Waals surface area (Å²) in [5.74, 6) is 0.155. The Morgan fingerprint density at radius 3 is 2.42 bits per heavy atom. The summed E-state index contributed by atoms with van der Waals surface area (Å²) in [7, 11) is 0. The van der Waals surface area contributed by atoms with Crippen molar-refractivity contribution >= 4 is 5.91 Å². The van der Waals surface area contributed by atoms with Gasteiger partial charge in [0.15, 0.2) is 0 Å². The molecule has 0 bridgehead atoms. The molecule has 108 valence electrons. The zero-order chi connectivity index (χ0) is 14.5. The van der Waals surface area contributed by atoms with E-state index in [0.717, 1.165) is 19.3 Å². The molecule has 1 aliphatic rings. The average Bonchev–Trinajstić information content (AvgIpc) is 2.40. The highest BCUT2D eigenvalue weighted by Gasteiger charge is 2.41. The molecule has 2 unspecified atom stereocenters. The molecule has 1 fully saturated rings. The Morgan fingerprint density at radius 1 is 1.42 bits per heavy atom. The van der Waals surface area contributed by atoms with E-state index in [2.05, 4.69) is 6.07 Å². The van der Waals surface area contributed by atoms with Gasteiger partial charge in [-0.2, -0.15) is 5.26 Å². The molecule has 1 heterocycles. The maximum Gasteiger partial charge on any atom is 0.243 e. The Morgan fingerprint density at radius 2 is 2.00 bits per heavy atom. The second kappa shape index (κ2) is 6.91. The minimum atomic E-state index is -0.885. The number of hydrogen-bond donors (Lipinski definition) is 1. The van der Waals surface area contributed by atoms with Gasteiger partial charge in [0.2, 0.25) is 5.91 Å². The summed E-state index contributed by atoms with van der Waals surface area (Å²) in [6.45, 7) is 7.04. The van der Waals surface area contributed by atoms with Crippen molar-refractivity contribution in [1.82, 2.24) is 4.90 Å². The SMILES string of the molecule is CCCC(C#N)(CCC)C(=O)N1CCC(C)C(O)C1. The van der Waals surface area contributed by atoms with Crippen molar-refractivity contribution in [1.29, 1.82) is 5.26 Å². The predicted octanol–water partition coefficient (Wildman–Crippen LogP) is 2.33. The van der Waals surface area contributed by atoms with E-state index in [1.807, 2.05) is 20.8 Å². The monoisotopic (exact) mass is 266 g/mol. The lowest BCUT2D eigenvalue weighted by atomic mass is 9.78. The number of aliphatic hydroxyl groups excluding tert-OH is 1. The highest BCUT2D eigenvalue weighted by Crippen LogP contribution is 2.33. The molecule has 0 saturated carbocycles. The third kappa shape index (κ3) is 3.48. The van der Waals surface area contributed by atoms with E-state index < -0.39 is 11.5 Å². The number of amides is 1. The number of piperidine rings is 1. The molecule has 1 N–H and O–H groups in total. The fraction of sp³-hybridized carbons (Fsp3) is 0.867. The molecular weight excluding hydrogens is 240 g/mol. The summed E-state index contributed by atoms with van der Waals surface area (Å²) >= 11 is 0. The van der Waals surface area contributed by atoms with Crippen LogP contribution in [0.15, 0.2) is 0 Å². The van der Waals surface area contributed by atoms with Crippen LogP contribution in [0.5, 0.6) is 0 Å². The molecule has 19 heavy (non-hydrogen) atoms. The average molecular weight is 266 g/mol. The second-order valence-electron chi connectivity index (χ2n) is 5.78. The molecule has 0 aliphatic carbocycles. The Bertz CT molecular complexity index is 343. The van der Waals surface area contributed by atoms with E-state index >= 15 is 0 Å². The normalized spacial score (nSPS) is 24.1. The molecule has 4 heteroatoms. The first-order valence-electron chi connectivity index (χ1n) is 7.39. The molecule has 4 nitrogen and oxygen atoms in total. The number of carbonyl (C=O) groups excluding carboxylic acids is 1. The minimum absolute atomic E-state index is 0.0790. The summed E-state index contributed by atoms with van der Waals surface area (Å²) in [6.07, 6.45) is 3.22. The molecule has 0 radical (unpaired) electrons. The lowest BCUT2D eigenvalue weighted by molar-refractivity contribution is -0.144. The molecule has 1 aliphatic heterocycles. The number of nitrogens with zero attached hydrogens (tertiary/aromatic N) is 2. The van der Waals surface area contributed by atoms with Crippen molar-refractivity contribution in [3.63, 3.8) is 0 Å². The van der Waals surface area contributed by atoms with Crippen LogP contribution >= 0.6 is 0 Å². The van der Waals surface area contributed by atoms with Gasteiger partial charge in [0.25, 0.3) is 0 Å². The van der Waals surface area contributed by atoms with Crippen LogP contribution in [-0.2, 0) is 4.79 Å². The van der Waals surface area contributed by atoms with Crippen LogP contribution in [-0.4, -0.2) is 35.1 Å². The Balaban J connectivity index is 2.85. The van der Waals surface area contributed by atoms with Crippen molar-refractivity contribution in [2.24, 2.45) is 11.3 Å². The number of hydrogen-bond acceptors (Lipinski definition) is 3. The van der Waals surface area contributed by atoms with Crippen molar-refractivity contribution in [2.75, 3.05) is 13.1 Å². The number of nitriles is 1. The quantitative estimate of drug-likeness (QED) is 0.830. The summed E-state index contributed by atoms with van der Waals surface area (Å²) < 4.78 is 0. The van der Waals surface area contributed by atoms with Gasteiger partial charge in [0.05, 0.1) is 12.2 Å². The topological polar surface area (TPSA) is 64.3 Å². The minimum Gasteiger partial charge on any atom is -0.391 e. The Hall–Kier alpha value is -1.08. The fourth-order valence-corrected chi connectivity index (χ4v) is 2.89. The lowest BCUT2D eigenvalue weighted by Crippen LogP contribution is -2.51. The molecule has 1 saturated heterocycles. The van der Waals surface area contributed by atoms with Gasteiger partial charge in [-0.15, -0.1) is 0 Å². The summed E-state index contributed by atoms with van der Waals surface area (Å²) in [4.78, 5) is 14.4. The molecule has 2 atom stereocenters. The van der Waals surface area contributed by atoms with Gasteiger partial charge < -0.3 is 10.0 Å². The first-order chi connectivity index (χ1) is 9.00. The predicted molar refractivity (Wildman–Crippen MR) is 74.2 cm³/mol. The van der Waals surface area contributed by atoms with Gasteiger partial charge in [0, 0.05) is 13.1 Å². The Labute approximate surface area is 116 Å². The molecule has 1 rings (SSSR count). The smallest absolute Gasteiger partial charge is 0.243 e. The van der Waals surface area contributed by atoms with Gasteiger partial charge in [-0.3, -0.25) is 4.79 Å². The maximum atomic E-state index is 12.7. The highest BCUT2D eigenvalue weighted by atomic mass is 16.3. The van der Waals surface area contributed by atoms with Gasteiger partial charge in [-0.25, -0.2) is 0 Å². The molecule has 1 amide bonds. The van der Waals surface area contributed by atoms with Crippen molar-refractivity contribution < 1.29 is 9.90 Å². The largest absolute Gasteiger partial charge is 0.391 e. The number of carbonyl (C=O) groups is 1. The van der Waals surface area contributed by atoms with Gasteiger partial charge >= 0.3 is 0 Å². The lowest BCUT2D eigenvalue weighted by Gasteiger charge is -2.38. The van der Waals surface area contributed by atoms with Crippen LogP contribution < -0.4 is 0 Å². The molecule has 0 aromatic rings. The molecule has 0 aromatic heterocycles. The van der Waals surface area contributed by atoms with E-state index in [1.165, 1.54) is 0 Å². The van der Waals surface area contributed by atoms with Crippen LogP contribution in [0.25, 0.3) is 0 Å². The molecule has 0 aromatic carbocycles. The number of aliphatic hydroxyl groups is 1. The number of β-amino-alcohol motifs (C(OH)–C–C–N with tert-alkyl or cyclic N) is 1. The van der Waals surface area contributed by atoms with Crippen LogP contribution in [0, 0.1) is 22.7 Å². The highest BCUT2D eigenvalue weighted by molar-refractivity contribution is 5.85. The van der Waals surface area contributed by atoms with Crippen LogP contribution in [0.2, 0.25) is 0 Å². The summed E-state index contributed by atoms with van der Waals surface area (Å²) in [6, 6.07) is 2.27. The summed E-state index contributed by atoms with van der Waals surface area (Å²) in [5.41, 5.74) is -0.885. The van der Waals surface area contributed by atoms with Crippen molar-refractivity contribution in [3.05, 3.63) is 0 Å². The van der Waals surface area contributed by atoms with Crippen LogP contribution in [0.4, 0.5) is 0 Å². The third-order valence-corrected chi connectivity index (χ3v) is 4.18. The van der Waals surface area contributed by atoms with Crippen molar-refractivity contribution in [3.8, 4) is 6.07 Å². The van der Waals surface area contributed by atoms with E-state index in [9.17, 15) is 15.2 Å². The number of rotatable bonds is 5. The zero-order valence-corrected chi connectivity index (χ0v) is 12.4. The van der Waals surface area contributed by atoms with E-state index in [-0.39, 0.29) is 11.8 Å². The zero-order valence-electron chi connectivity index (χ0n) is 12.4. The van der Waals surface area contributed by atoms with E-state index in [4.69, 9.17) is 0 Å². The first-order valence-corrected chi connectivity index (χ1v) is 7.39. The third-order valence-electron chi connectivity index (χ3n) is 4.18.